The first-order valence-electron chi connectivity index (χ1n) is 6.61. The molecule has 0 spiro atoms. The second kappa shape index (κ2) is 6.00. The highest BCUT2D eigenvalue weighted by atomic mass is 35.5. The lowest BCUT2D eigenvalue weighted by Crippen LogP contribution is -2.41. The third-order valence-electron chi connectivity index (χ3n) is 3.38. The van der Waals surface area contributed by atoms with Crippen molar-refractivity contribution in [3.8, 4) is 0 Å². The molecule has 1 unspecified atom stereocenters. The van der Waals surface area contributed by atoms with Gasteiger partial charge in [-0.25, -0.2) is 8.42 Å². The van der Waals surface area contributed by atoms with Gasteiger partial charge in [0.2, 0.25) is 5.91 Å². The average Bonchev–Trinajstić information content (AvgIpc) is 3.08. The van der Waals surface area contributed by atoms with Gasteiger partial charge in [-0.05, 0) is 30.7 Å². The molecule has 1 atom stereocenters. The van der Waals surface area contributed by atoms with Crippen molar-refractivity contribution >= 4 is 44.6 Å². The fourth-order valence-electron chi connectivity index (χ4n) is 2.34. The largest absolute Gasteiger partial charge is 0.311 e. The first-order valence-corrected chi connectivity index (χ1v) is 9.29. The molecule has 1 fully saturated rings. The Morgan fingerprint density at radius 2 is 1.91 bits per heavy atom. The van der Waals surface area contributed by atoms with E-state index < -0.39 is 16.1 Å². The summed E-state index contributed by atoms with van der Waals surface area (Å²) in [5, 5.41) is 0. The fraction of sp³-hybridized carbons (Fsp3) is 0.214. The SMILES string of the molecule is O=C1C(NS(=O)(=O)c2ccc(Cl)s2)CCN1c1ccccc1. The van der Waals surface area contributed by atoms with Gasteiger partial charge in [-0.1, -0.05) is 29.8 Å². The Kier molecular flexibility index (Phi) is 4.22. The highest BCUT2D eigenvalue weighted by molar-refractivity contribution is 7.91. The number of hydrogen-bond donors (Lipinski definition) is 1. The van der Waals surface area contributed by atoms with Gasteiger partial charge in [0, 0.05) is 12.2 Å². The number of halogens is 1. The maximum Gasteiger partial charge on any atom is 0.250 e. The minimum absolute atomic E-state index is 0.114. The monoisotopic (exact) mass is 356 g/mol. The van der Waals surface area contributed by atoms with Crippen LogP contribution in [0.2, 0.25) is 4.34 Å². The van der Waals surface area contributed by atoms with Crippen LogP contribution in [0, 0.1) is 0 Å². The molecule has 8 heteroatoms. The molecule has 0 aliphatic carbocycles. The molecule has 1 N–H and O–H groups in total. The zero-order chi connectivity index (χ0) is 15.7. The van der Waals surface area contributed by atoms with Crippen LogP contribution < -0.4 is 9.62 Å². The summed E-state index contributed by atoms with van der Waals surface area (Å²) in [6.45, 7) is 0.487. The molecule has 5 nitrogen and oxygen atoms in total. The van der Waals surface area contributed by atoms with Crippen LogP contribution in [0.4, 0.5) is 5.69 Å². The molecule has 1 saturated heterocycles. The van der Waals surface area contributed by atoms with E-state index in [4.69, 9.17) is 11.6 Å². The van der Waals surface area contributed by atoms with E-state index in [9.17, 15) is 13.2 Å². The lowest BCUT2D eigenvalue weighted by molar-refractivity contribution is -0.118. The summed E-state index contributed by atoms with van der Waals surface area (Å²) in [5.41, 5.74) is 0.772. The van der Waals surface area contributed by atoms with Crippen molar-refractivity contribution in [2.75, 3.05) is 11.4 Å². The van der Waals surface area contributed by atoms with Crippen LogP contribution in [0.5, 0.6) is 0 Å². The van der Waals surface area contributed by atoms with E-state index in [0.29, 0.717) is 17.3 Å². The van der Waals surface area contributed by atoms with Crippen molar-refractivity contribution in [1.29, 1.82) is 0 Å². The van der Waals surface area contributed by atoms with Gasteiger partial charge in [-0.3, -0.25) is 4.79 Å². The molecule has 1 aliphatic rings. The number of para-hydroxylation sites is 1. The molecule has 1 aromatic heterocycles. The number of hydrogen-bond acceptors (Lipinski definition) is 4. The summed E-state index contributed by atoms with van der Waals surface area (Å²) in [7, 11) is -3.72. The fourth-order valence-corrected chi connectivity index (χ4v) is 5.06. The van der Waals surface area contributed by atoms with Gasteiger partial charge < -0.3 is 4.90 Å². The maximum atomic E-state index is 12.4. The predicted octanol–water partition coefficient (Wildman–Crippen LogP) is 2.49. The molecule has 1 aromatic carbocycles. The van der Waals surface area contributed by atoms with E-state index in [1.807, 2.05) is 30.3 Å². The molecule has 0 bridgehead atoms. The second-order valence-corrected chi connectivity index (χ2v) is 8.50. The molecule has 0 radical (unpaired) electrons. The van der Waals surface area contributed by atoms with Crippen LogP contribution in [0.3, 0.4) is 0 Å². The Balaban J connectivity index is 1.76. The van der Waals surface area contributed by atoms with Gasteiger partial charge in [-0.2, -0.15) is 4.72 Å². The van der Waals surface area contributed by atoms with Gasteiger partial charge in [0.25, 0.3) is 10.0 Å². The second-order valence-electron chi connectivity index (χ2n) is 4.85. The smallest absolute Gasteiger partial charge is 0.250 e. The summed E-state index contributed by atoms with van der Waals surface area (Å²) >= 11 is 6.73. The molecule has 1 amide bonds. The van der Waals surface area contributed by atoms with Crippen LogP contribution in [-0.4, -0.2) is 26.9 Å². The number of sulfonamides is 1. The molecular weight excluding hydrogens is 344 g/mol. The first-order chi connectivity index (χ1) is 10.5. The molecule has 1 aliphatic heterocycles. The summed E-state index contributed by atoms with van der Waals surface area (Å²) in [6, 6.07) is 11.4. The number of nitrogens with one attached hydrogen (secondary N) is 1. The Bertz CT molecular complexity index is 789. The van der Waals surface area contributed by atoms with Crippen LogP contribution in [0.1, 0.15) is 6.42 Å². The van der Waals surface area contributed by atoms with Crippen molar-refractivity contribution in [2.24, 2.45) is 0 Å². The normalized spacial score (nSPS) is 18.9. The topological polar surface area (TPSA) is 66.5 Å². The van der Waals surface area contributed by atoms with Gasteiger partial charge in [0.1, 0.15) is 10.3 Å². The van der Waals surface area contributed by atoms with E-state index in [1.165, 1.54) is 12.1 Å². The molecule has 2 aromatic rings. The summed E-state index contributed by atoms with van der Waals surface area (Å²) in [6.07, 6.45) is 0.437. The first kappa shape index (κ1) is 15.5. The Hall–Kier alpha value is -1.41. The van der Waals surface area contributed by atoms with E-state index >= 15 is 0 Å². The van der Waals surface area contributed by atoms with Crippen LogP contribution in [-0.2, 0) is 14.8 Å². The Morgan fingerprint density at radius 1 is 1.18 bits per heavy atom. The Labute approximate surface area is 137 Å². The number of nitrogens with zero attached hydrogens (tertiary/aromatic N) is 1. The van der Waals surface area contributed by atoms with Gasteiger partial charge in [0.05, 0.1) is 4.34 Å². The van der Waals surface area contributed by atoms with Crippen molar-refractivity contribution in [3.05, 3.63) is 46.8 Å². The third-order valence-corrected chi connectivity index (χ3v) is 6.58. The van der Waals surface area contributed by atoms with E-state index in [0.717, 1.165) is 17.0 Å². The molecule has 0 saturated carbocycles. The minimum atomic E-state index is -3.72. The van der Waals surface area contributed by atoms with Crippen molar-refractivity contribution < 1.29 is 13.2 Å². The van der Waals surface area contributed by atoms with E-state index in [1.54, 1.807) is 4.90 Å². The zero-order valence-corrected chi connectivity index (χ0v) is 13.8. The van der Waals surface area contributed by atoms with Crippen molar-refractivity contribution in [1.82, 2.24) is 4.72 Å². The predicted molar refractivity (Wildman–Crippen MR) is 86.9 cm³/mol. The molecule has 2 heterocycles. The number of thiophene rings is 1. The molecule has 116 valence electrons. The number of amides is 1. The summed E-state index contributed by atoms with van der Waals surface area (Å²) < 4.78 is 27.5. The maximum absolute atomic E-state index is 12.4. The number of carbonyl (C=O) groups excluding carboxylic acids is 1. The van der Waals surface area contributed by atoms with Gasteiger partial charge >= 0.3 is 0 Å². The summed E-state index contributed by atoms with van der Waals surface area (Å²) in [5.74, 6) is -0.238. The van der Waals surface area contributed by atoms with Crippen molar-refractivity contribution in [2.45, 2.75) is 16.7 Å². The van der Waals surface area contributed by atoms with E-state index in [-0.39, 0.29) is 10.1 Å². The van der Waals surface area contributed by atoms with Crippen LogP contribution >= 0.6 is 22.9 Å². The van der Waals surface area contributed by atoms with E-state index in [2.05, 4.69) is 4.72 Å². The zero-order valence-electron chi connectivity index (χ0n) is 11.4. The number of rotatable bonds is 4. The molecule has 22 heavy (non-hydrogen) atoms. The highest BCUT2D eigenvalue weighted by Crippen LogP contribution is 2.27. The van der Waals surface area contributed by atoms with Crippen molar-refractivity contribution in [3.63, 3.8) is 0 Å². The summed E-state index contributed by atoms with van der Waals surface area (Å²) in [4.78, 5) is 14.0. The van der Waals surface area contributed by atoms with Gasteiger partial charge in [-0.15, -0.1) is 11.3 Å². The number of benzene rings is 1. The third kappa shape index (κ3) is 3.03. The standard InChI is InChI=1S/C14H13ClN2O3S2/c15-12-6-7-13(21-12)22(19,20)16-11-8-9-17(14(11)18)10-4-2-1-3-5-10/h1-7,11,16H,8-9H2. The average molecular weight is 357 g/mol. The van der Waals surface area contributed by atoms with Crippen LogP contribution in [0.25, 0.3) is 0 Å². The van der Waals surface area contributed by atoms with Gasteiger partial charge in [0.15, 0.2) is 0 Å². The number of carbonyl (C=O) groups is 1. The molecular formula is C14H13ClN2O3S2. The number of anilines is 1. The highest BCUT2D eigenvalue weighted by Gasteiger charge is 2.35. The quantitative estimate of drug-likeness (QED) is 0.915. The molecule has 3 rings (SSSR count). The lowest BCUT2D eigenvalue weighted by Gasteiger charge is -2.17. The van der Waals surface area contributed by atoms with Crippen LogP contribution in [0.15, 0.2) is 46.7 Å². The minimum Gasteiger partial charge on any atom is -0.311 e. The Morgan fingerprint density at radius 3 is 2.55 bits per heavy atom. The lowest BCUT2D eigenvalue weighted by atomic mass is 10.3.